The van der Waals surface area contributed by atoms with Gasteiger partial charge in [-0.05, 0) is 41.8 Å². The SMILES string of the molecule is CCCOc1ccc(C2/C(=C(\[O-])c3ccc(OC)cc3)C(=O)C(=O)N2CC[NH+]2CCOCC2)cc1OC. The van der Waals surface area contributed by atoms with Crippen LogP contribution in [0.15, 0.2) is 48.0 Å². The molecule has 0 aliphatic carbocycles. The molecule has 2 fully saturated rings. The Morgan fingerprint density at radius 3 is 2.43 bits per heavy atom. The first-order valence-electron chi connectivity index (χ1n) is 12.6. The zero-order chi connectivity index (χ0) is 26.4. The van der Waals surface area contributed by atoms with Crippen molar-refractivity contribution in [3.63, 3.8) is 0 Å². The first kappa shape index (κ1) is 26.5. The van der Waals surface area contributed by atoms with Gasteiger partial charge in [0.25, 0.3) is 5.91 Å². The summed E-state index contributed by atoms with van der Waals surface area (Å²) in [7, 11) is 3.08. The molecule has 1 unspecified atom stereocenters. The lowest BCUT2D eigenvalue weighted by molar-refractivity contribution is -0.907. The summed E-state index contributed by atoms with van der Waals surface area (Å²) in [6.45, 7) is 6.51. The highest BCUT2D eigenvalue weighted by Gasteiger charge is 2.44. The van der Waals surface area contributed by atoms with E-state index in [0.29, 0.717) is 61.3 Å². The van der Waals surface area contributed by atoms with E-state index in [2.05, 4.69) is 0 Å². The number of nitrogens with one attached hydrogen (secondary N) is 1. The Labute approximate surface area is 217 Å². The number of hydrogen-bond donors (Lipinski definition) is 1. The average molecular weight is 511 g/mol. The number of rotatable bonds is 10. The topological polar surface area (TPSA) is 102 Å². The van der Waals surface area contributed by atoms with Crippen LogP contribution in [0.3, 0.4) is 0 Å². The molecule has 2 aromatic carbocycles. The van der Waals surface area contributed by atoms with Gasteiger partial charge in [-0.25, -0.2) is 0 Å². The van der Waals surface area contributed by atoms with Gasteiger partial charge in [0, 0.05) is 5.57 Å². The maximum atomic E-state index is 13.6. The fourth-order valence-corrected chi connectivity index (χ4v) is 4.72. The van der Waals surface area contributed by atoms with Crippen molar-refractivity contribution in [1.82, 2.24) is 4.90 Å². The fraction of sp³-hybridized carbons (Fsp3) is 0.429. The second-order valence-corrected chi connectivity index (χ2v) is 9.07. The van der Waals surface area contributed by atoms with Crippen LogP contribution in [0.5, 0.6) is 17.2 Å². The van der Waals surface area contributed by atoms with Gasteiger partial charge >= 0.3 is 0 Å². The largest absolute Gasteiger partial charge is 0.872 e. The standard InChI is InChI=1S/C28H34N2O7/c1-4-15-37-22-10-7-20(18-23(22)35-3)25-24(26(31)19-5-8-21(34-2)9-6-19)27(32)28(33)30(25)12-11-29-13-16-36-17-14-29/h5-10,18,25,31H,4,11-17H2,1-3H3/b26-24+. The molecule has 4 rings (SSSR count). The number of carbonyl (C=O) groups excluding carboxylic acids is 2. The van der Waals surface area contributed by atoms with E-state index in [4.69, 9.17) is 18.9 Å². The van der Waals surface area contributed by atoms with Gasteiger partial charge < -0.3 is 33.9 Å². The van der Waals surface area contributed by atoms with Crippen molar-refractivity contribution in [2.45, 2.75) is 19.4 Å². The third-order valence-corrected chi connectivity index (χ3v) is 6.75. The number of hydrogen-bond acceptors (Lipinski definition) is 7. The van der Waals surface area contributed by atoms with Crippen molar-refractivity contribution in [3.05, 3.63) is 59.2 Å². The predicted molar refractivity (Wildman–Crippen MR) is 135 cm³/mol. The number of ketones is 1. The van der Waals surface area contributed by atoms with Gasteiger partial charge in [0.2, 0.25) is 5.78 Å². The molecule has 2 heterocycles. The van der Waals surface area contributed by atoms with Gasteiger partial charge in [0.05, 0.1) is 53.2 Å². The highest BCUT2D eigenvalue weighted by Crippen LogP contribution is 2.41. The van der Waals surface area contributed by atoms with Gasteiger partial charge in [-0.2, -0.15) is 0 Å². The molecule has 2 aromatic rings. The lowest BCUT2D eigenvalue weighted by Gasteiger charge is -2.30. The summed E-state index contributed by atoms with van der Waals surface area (Å²) in [6.07, 6.45) is 0.836. The quantitative estimate of drug-likeness (QED) is 0.284. The van der Waals surface area contributed by atoms with Crippen LogP contribution < -0.4 is 24.2 Å². The number of Topliss-reactive ketones (excluding diaryl/α,β-unsaturated/α-hetero) is 1. The normalized spacial score (nSPS) is 19.8. The van der Waals surface area contributed by atoms with Crippen LogP contribution in [-0.4, -0.2) is 76.8 Å². The fourth-order valence-electron chi connectivity index (χ4n) is 4.72. The highest BCUT2D eigenvalue weighted by molar-refractivity contribution is 6.46. The Kier molecular flexibility index (Phi) is 8.68. The minimum Gasteiger partial charge on any atom is -0.872 e. The Hall–Kier alpha value is -3.56. The van der Waals surface area contributed by atoms with Crippen LogP contribution in [0.25, 0.3) is 5.76 Å². The minimum absolute atomic E-state index is 0.0589. The van der Waals surface area contributed by atoms with Crippen LogP contribution in [0, 0.1) is 0 Å². The molecule has 37 heavy (non-hydrogen) atoms. The lowest BCUT2D eigenvalue weighted by Crippen LogP contribution is -3.14. The number of amides is 1. The molecule has 2 aliphatic rings. The summed E-state index contributed by atoms with van der Waals surface area (Å²) in [6, 6.07) is 11.0. The molecule has 0 aromatic heterocycles. The Morgan fingerprint density at radius 2 is 1.78 bits per heavy atom. The van der Waals surface area contributed by atoms with Gasteiger partial charge in [-0.1, -0.05) is 30.9 Å². The van der Waals surface area contributed by atoms with Gasteiger partial charge in [-0.3, -0.25) is 9.59 Å². The molecular weight excluding hydrogens is 476 g/mol. The molecule has 0 spiro atoms. The molecule has 2 aliphatic heterocycles. The molecule has 0 bridgehead atoms. The molecule has 1 amide bonds. The van der Waals surface area contributed by atoms with E-state index in [0.717, 1.165) is 19.5 Å². The van der Waals surface area contributed by atoms with E-state index in [1.807, 2.05) is 6.92 Å². The molecule has 0 radical (unpaired) electrons. The third kappa shape index (κ3) is 5.73. The van der Waals surface area contributed by atoms with Crippen molar-refractivity contribution in [1.29, 1.82) is 0 Å². The van der Waals surface area contributed by atoms with E-state index in [1.165, 1.54) is 24.0 Å². The first-order chi connectivity index (χ1) is 18.0. The van der Waals surface area contributed by atoms with E-state index >= 15 is 0 Å². The smallest absolute Gasteiger partial charge is 0.295 e. The van der Waals surface area contributed by atoms with Crippen LogP contribution in [0.4, 0.5) is 0 Å². The van der Waals surface area contributed by atoms with Gasteiger partial charge in [0.1, 0.15) is 18.8 Å². The molecule has 9 heteroatoms. The number of ether oxygens (including phenoxy) is 4. The third-order valence-electron chi connectivity index (χ3n) is 6.75. The predicted octanol–water partition coefficient (Wildman–Crippen LogP) is 0.632. The summed E-state index contributed by atoms with van der Waals surface area (Å²) in [5.74, 6) is -0.274. The number of methoxy groups -OCH3 is 2. The summed E-state index contributed by atoms with van der Waals surface area (Å²) in [4.78, 5) is 29.4. The lowest BCUT2D eigenvalue weighted by atomic mass is 9.95. The maximum Gasteiger partial charge on any atom is 0.295 e. The van der Waals surface area contributed by atoms with E-state index in [1.54, 1.807) is 42.5 Å². The number of quaternary nitrogens is 1. The van der Waals surface area contributed by atoms with E-state index < -0.39 is 23.5 Å². The molecule has 2 saturated heterocycles. The average Bonchev–Trinajstić information content (AvgIpc) is 3.20. The van der Waals surface area contributed by atoms with Gasteiger partial charge in [-0.15, -0.1) is 0 Å². The monoisotopic (exact) mass is 510 g/mol. The molecule has 0 saturated carbocycles. The van der Waals surface area contributed by atoms with Crippen molar-refractivity contribution in [2.24, 2.45) is 0 Å². The summed E-state index contributed by atoms with van der Waals surface area (Å²) < 4.78 is 22.0. The Bertz CT molecular complexity index is 1140. The maximum absolute atomic E-state index is 13.6. The van der Waals surface area contributed by atoms with Gasteiger partial charge in [0.15, 0.2) is 11.5 Å². The molecule has 198 valence electrons. The van der Waals surface area contributed by atoms with Crippen LogP contribution in [0.1, 0.15) is 30.5 Å². The van der Waals surface area contributed by atoms with Crippen molar-refractivity contribution >= 4 is 17.4 Å². The van der Waals surface area contributed by atoms with Crippen LogP contribution in [-0.2, 0) is 14.3 Å². The number of benzene rings is 2. The number of morpholine rings is 1. The highest BCUT2D eigenvalue weighted by atomic mass is 16.5. The van der Waals surface area contributed by atoms with Crippen molar-refractivity contribution in [2.75, 3.05) is 60.2 Å². The number of nitrogens with zero attached hydrogens (tertiary/aromatic N) is 1. The Morgan fingerprint density at radius 1 is 1.05 bits per heavy atom. The first-order valence-corrected chi connectivity index (χ1v) is 12.6. The second kappa shape index (κ2) is 12.1. The summed E-state index contributed by atoms with van der Waals surface area (Å²) >= 11 is 0. The summed E-state index contributed by atoms with van der Waals surface area (Å²) in [5, 5.41) is 13.6. The summed E-state index contributed by atoms with van der Waals surface area (Å²) in [5.41, 5.74) is 0.877. The van der Waals surface area contributed by atoms with Crippen molar-refractivity contribution < 1.29 is 38.5 Å². The van der Waals surface area contributed by atoms with Crippen LogP contribution in [0.2, 0.25) is 0 Å². The molecular formula is C28H34N2O7. The Balaban J connectivity index is 1.75. The molecule has 1 atom stereocenters. The molecule has 9 nitrogen and oxygen atoms in total. The van der Waals surface area contributed by atoms with E-state index in [9.17, 15) is 14.7 Å². The zero-order valence-electron chi connectivity index (χ0n) is 21.6. The zero-order valence-corrected chi connectivity index (χ0v) is 21.6. The molecule has 1 N–H and O–H groups in total. The number of carbonyl (C=O) groups is 2. The van der Waals surface area contributed by atoms with Crippen molar-refractivity contribution in [3.8, 4) is 17.2 Å². The second-order valence-electron chi connectivity index (χ2n) is 9.07. The van der Waals surface area contributed by atoms with E-state index in [-0.39, 0.29) is 5.57 Å². The number of likely N-dealkylation sites (tertiary alicyclic amines) is 1. The van der Waals surface area contributed by atoms with Crippen LogP contribution >= 0.6 is 0 Å². The minimum atomic E-state index is -0.829.